The van der Waals surface area contributed by atoms with Crippen molar-refractivity contribution in [1.29, 1.82) is 0 Å². The Kier molecular flexibility index (Phi) is 9.02. The van der Waals surface area contributed by atoms with Crippen LogP contribution in [0.2, 0.25) is 0 Å². The van der Waals surface area contributed by atoms with Crippen LogP contribution in [-0.2, 0) is 23.3 Å². The van der Waals surface area contributed by atoms with Gasteiger partial charge < -0.3 is 20.8 Å². The second kappa shape index (κ2) is 12.4. The van der Waals surface area contributed by atoms with Gasteiger partial charge in [0, 0.05) is 32.3 Å². The number of nitrogens with one attached hydrogen (secondary N) is 3. The molecule has 0 unspecified atom stereocenters. The van der Waals surface area contributed by atoms with Crippen LogP contribution in [0.3, 0.4) is 0 Å². The molecule has 43 heavy (non-hydrogen) atoms. The number of aliphatic hydroxyl groups is 1. The molecule has 0 saturated heterocycles. The van der Waals surface area contributed by atoms with Crippen molar-refractivity contribution in [2.24, 2.45) is 0 Å². The second-order valence-corrected chi connectivity index (χ2v) is 10.5. The molecule has 13 nitrogen and oxygen atoms in total. The summed E-state index contributed by atoms with van der Waals surface area (Å²) in [7, 11) is -3.43. The van der Waals surface area contributed by atoms with E-state index in [1.54, 1.807) is 6.07 Å². The number of amides is 1. The average molecular weight is 628 g/mol. The van der Waals surface area contributed by atoms with Gasteiger partial charge in [0.25, 0.3) is 5.91 Å². The third-order valence-corrected chi connectivity index (χ3v) is 7.11. The number of nitrogens with zero attached hydrogens (tertiary/aromatic N) is 4. The maximum Gasteiger partial charge on any atom is 0.393 e. The first-order chi connectivity index (χ1) is 20.2. The van der Waals surface area contributed by atoms with E-state index in [4.69, 9.17) is 0 Å². The number of hydrogen-bond donors (Lipinski definition) is 6. The Balaban J connectivity index is 1.86. The Hall–Kier alpha value is -4.55. The van der Waals surface area contributed by atoms with Crippen LogP contribution < -0.4 is 14.9 Å². The molecule has 0 aliphatic rings. The van der Waals surface area contributed by atoms with Gasteiger partial charge in [0.2, 0.25) is 0 Å². The smallest absolute Gasteiger partial charge is 0.393 e. The molecule has 0 fully saturated rings. The van der Waals surface area contributed by atoms with Crippen molar-refractivity contribution in [3.8, 4) is 17.1 Å². The highest BCUT2D eigenvalue weighted by molar-refractivity contribution is 7.87. The largest absolute Gasteiger partial charge is 0.505 e. The first-order valence-electron chi connectivity index (χ1n) is 12.5. The minimum atomic E-state index is -4.76. The monoisotopic (exact) mass is 627 g/mol. The lowest BCUT2D eigenvalue weighted by atomic mass is 10.0. The number of H-pyrrole nitrogens is 1. The summed E-state index contributed by atoms with van der Waals surface area (Å²) in [6, 6.07) is 7.28. The Morgan fingerprint density at radius 2 is 1.86 bits per heavy atom. The number of carbonyl (C=O) groups is 1. The minimum Gasteiger partial charge on any atom is -0.505 e. The molecule has 4 aromatic rings. The predicted octanol–water partition coefficient (Wildman–Crippen LogP) is 2.93. The van der Waals surface area contributed by atoms with Gasteiger partial charge in [-0.2, -0.15) is 26.7 Å². The van der Waals surface area contributed by atoms with Crippen molar-refractivity contribution in [3.05, 3.63) is 59.0 Å². The number of carbonyl (C=O) groups excluding carboxylic acids is 1. The fraction of sp³-hybridized carbons (Fsp3) is 0.280. The summed E-state index contributed by atoms with van der Waals surface area (Å²) in [6.45, 7) is -0.819. The van der Waals surface area contributed by atoms with Gasteiger partial charge in [-0.3, -0.25) is 14.4 Å². The molecule has 1 amide bonds. The zero-order valence-corrected chi connectivity index (χ0v) is 23.1. The van der Waals surface area contributed by atoms with Crippen molar-refractivity contribution in [2.45, 2.75) is 25.6 Å². The van der Waals surface area contributed by atoms with Crippen molar-refractivity contribution >= 4 is 38.7 Å². The maximum atomic E-state index is 14.4. The number of halogens is 4. The molecule has 0 aliphatic heterocycles. The first-order valence-corrected chi connectivity index (χ1v) is 13.9. The zero-order valence-electron chi connectivity index (χ0n) is 22.3. The molecule has 6 N–H and O–H groups in total. The molecule has 18 heteroatoms. The Labute approximate surface area is 241 Å². The number of aromatic nitrogens is 4. The van der Waals surface area contributed by atoms with E-state index in [1.807, 2.05) is 0 Å². The van der Waals surface area contributed by atoms with Crippen LogP contribution in [0.5, 0.6) is 5.75 Å². The van der Waals surface area contributed by atoms with Gasteiger partial charge in [0.05, 0.1) is 17.5 Å². The van der Waals surface area contributed by atoms with Crippen molar-refractivity contribution in [1.82, 2.24) is 25.5 Å². The third kappa shape index (κ3) is 7.09. The van der Waals surface area contributed by atoms with E-state index in [0.29, 0.717) is 22.0 Å². The highest BCUT2D eigenvalue weighted by Crippen LogP contribution is 2.35. The first kappa shape index (κ1) is 31.4. The van der Waals surface area contributed by atoms with Crippen LogP contribution in [0.4, 0.5) is 29.1 Å². The number of phenols is 1. The molecule has 2 aromatic carbocycles. The minimum absolute atomic E-state index is 0.00536. The number of rotatable bonds is 11. The molecular weight excluding hydrogens is 602 g/mol. The number of aromatic amines is 1. The number of para-hydroxylation sites is 1. The highest BCUT2D eigenvalue weighted by atomic mass is 32.2. The van der Waals surface area contributed by atoms with Crippen LogP contribution >= 0.6 is 0 Å². The number of phenolic OH excluding ortho intramolecular Hbond substituents is 1. The fourth-order valence-electron chi connectivity index (χ4n) is 4.29. The summed E-state index contributed by atoms with van der Waals surface area (Å²) >= 11 is 0. The van der Waals surface area contributed by atoms with Gasteiger partial charge in [0.15, 0.2) is 28.7 Å². The van der Waals surface area contributed by atoms with E-state index in [0.717, 1.165) is 0 Å². The van der Waals surface area contributed by atoms with Crippen molar-refractivity contribution < 1.29 is 45.5 Å². The van der Waals surface area contributed by atoms with Gasteiger partial charge in [-0.1, -0.05) is 18.2 Å². The lowest BCUT2D eigenvalue weighted by Gasteiger charge is -2.23. The third-order valence-electron chi connectivity index (χ3n) is 6.17. The van der Waals surface area contributed by atoms with E-state index < -0.39 is 57.3 Å². The highest BCUT2D eigenvalue weighted by Gasteiger charge is 2.31. The SMILES string of the molecule is CNC(=O)c1n[nH]c2nc(-c3cc(F)c(O)cc3CC(F)(F)F)nc(NCc3ccccc3N(CCCO)S(=O)(=O)O)c12. The van der Waals surface area contributed by atoms with Crippen LogP contribution in [0.15, 0.2) is 36.4 Å². The number of benzene rings is 2. The maximum absolute atomic E-state index is 14.4. The number of fused-ring (bicyclic) bond motifs is 1. The molecule has 0 bridgehead atoms. The molecule has 0 atom stereocenters. The quantitative estimate of drug-likeness (QED) is 0.106. The van der Waals surface area contributed by atoms with Gasteiger partial charge >= 0.3 is 16.5 Å². The van der Waals surface area contributed by atoms with E-state index >= 15 is 0 Å². The summed E-state index contributed by atoms with van der Waals surface area (Å²) < 4.78 is 89.1. The molecule has 230 valence electrons. The van der Waals surface area contributed by atoms with Crippen molar-refractivity contribution in [2.75, 3.05) is 29.8 Å². The molecule has 4 rings (SSSR count). The summed E-state index contributed by atoms with van der Waals surface area (Å²) in [5, 5.41) is 30.7. The van der Waals surface area contributed by atoms with Gasteiger partial charge in [-0.15, -0.1) is 0 Å². The molecule has 2 aromatic heterocycles. The normalized spacial score (nSPS) is 12.0. The zero-order chi connectivity index (χ0) is 31.5. The lowest BCUT2D eigenvalue weighted by molar-refractivity contribution is -0.127. The molecule has 0 spiro atoms. The molecular formula is C25H25F4N7O6S. The van der Waals surface area contributed by atoms with E-state index in [2.05, 4.69) is 30.8 Å². The Morgan fingerprint density at radius 1 is 1.14 bits per heavy atom. The average Bonchev–Trinajstić information content (AvgIpc) is 3.36. The van der Waals surface area contributed by atoms with Crippen LogP contribution in [0.25, 0.3) is 22.4 Å². The van der Waals surface area contributed by atoms with Crippen LogP contribution in [0.1, 0.15) is 28.0 Å². The molecule has 2 heterocycles. The number of hydrogen-bond acceptors (Lipinski definition) is 9. The van der Waals surface area contributed by atoms with Crippen LogP contribution in [-0.4, -0.2) is 75.6 Å². The second-order valence-electron chi connectivity index (χ2n) is 9.13. The summed E-state index contributed by atoms with van der Waals surface area (Å²) in [5.41, 5.74) is -0.868. The lowest BCUT2D eigenvalue weighted by Crippen LogP contribution is -2.32. The van der Waals surface area contributed by atoms with Crippen LogP contribution in [0, 0.1) is 5.82 Å². The molecule has 0 saturated carbocycles. The number of aromatic hydroxyl groups is 1. The van der Waals surface area contributed by atoms with Gasteiger partial charge in [0.1, 0.15) is 5.82 Å². The summed E-state index contributed by atoms with van der Waals surface area (Å²) in [5.74, 6) is -3.44. The fourth-order valence-corrected chi connectivity index (χ4v) is 5.08. The predicted molar refractivity (Wildman–Crippen MR) is 146 cm³/mol. The molecule has 0 aliphatic carbocycles. The van der Waals surface area contributed by atoms with E-state index in [-0.39, 0.29) is 54.3 Å². The topological polar surface area (TPSA) is 194 Å². The van der Waals surface area contributed by atoms with E-state index in [1.165, 1.54) is 25.2 Å². The van der Waals surface area contributed by atoms with Gasteiger partial charge in [-0.25, -0.2) is 18.7 Å². The van der Waals surface area contributed by atoms with Crippen molar-refractivity contribution in [3.63, 3.8) is 0 Å². The Bertz CT molecular complexity index is 1770. The van der Waals surface area contributed by atoms with Gasteiger partial charge in [-0.05, 0) is 35.7 Å². The summed E-state index contributed by atoms with van der Waals surface area (Å²) in [6.07, 6.45) is -6.27. The summed E-state index contributed by atoms with van der Waals surface area (Å²) in [4.78, 5) is 21.0. The number of anilines is 2. The molecule has 0 radical (unpaired) electrons. The Morgan fingerprint density at radius 3 is 2.51 bits per heavy atom. The number of aliphatic hydroxyl groups excluding tert-OH is 1. The standard InChI is InChI=1S/C25H25F4N7O6S/c1-30-24(39)20-19-22(31-12-13-5-2-3-6-17(13)36(7-4-8-37)43(40,41)42)32-21(33-23(19)35-34-20)15-10-16(26)18(38)9-14(15)11-25(27,28)29/h2-3,5-6,9-10,37-38H,4,7-8,11-12H2,1H3,(H,30,39)(H,40,41,42)(H2,31,32,33,34,35). The number of alkyl halides is 3. The van der Waals surface area contributed by atoms with E-state index in [9.17, 15) is 45.5 Å².